The van der Waals surface area contributed by atoms with Gasteiger partial charge < -0.3 is 5.11 Å². The van der Waals surface area contributed by atoms with Crippen LogP contribution in [-0.2, 0) is 11.2 Å². The van der Waals surface area contributed by atoms with Crippen molar-refractivity contribution >= 4 is 28.6 Å². The van der Waals surface area contributed by atoms with Crippen molar-refractivity contribution in [3.63, 3.8) is 0 Å². The fourth-order valence-corrected chi connectivity index (χ4v) is 1.56. The average Bonchev–Trinajstić information content (AvgIpc) is 1.98. The molecule has 64 valence electrons. The lowest BCUT2D eigenvalue weighted by atomic mass is 10.1. The molecule has 0 aromatic heterocycles. The summed E-state index contributed by atoms with van der Waals surface area (Å²) in [5.74, 6) is -0.778. The minimum Gasteiger partial charge on any atom is -0.481 e. The van der Waals surface area contributed by atoms with Crippen LogP contribution < -0.4 is 0 Å². The van der Waals surface area contributed by atoms with Gasteiger partial charge in [-0.1, -0.05) is 12.1 Å². The highest BCUT2D eigenvalue weighted by Gasteiger charge is 2.04. The predicted octanol–water partition coefficient (Wildman–Crippen LogP) is 2.23. The first-order valence-electron chi connectivity index (χ1n) is 3.57. The van der Waals surface area contributed by atoms with Crippen LogP contribution in [0.5, 0.6) is 0 Å². The Bertz CT molecular complexity index is 307. The Morgan fingerprint density at radius 1 is 1.58 bits per heavy atom. The van der Waals surface area contributed by atoms with Gasteiger partial charge in [-0.25, -0.2) is 0 Å². The van der Waals surface area contributed by atoms with E-state index < -0.39 is 5.97 Å². The maximum atomic E-state index is 10.4. The standard InChI is InChI=1S/C9H9IO2/c1-6-7(5-9(11)12)3-2-4-8(6)10/h2-4H,5H2,1H3,(H,11,12). The van der Waals surface area contributed by atoms with Gasteiger partial charge in [-0.05, 0) is 46.7 Å². The molecule has 0 spiro atoms. The van der Waals surface area contributed by atoms with Crippen LogP contribution in [0, 0.1) is 10.5 Å². The highest BCUT2D eigenvalue weighted by Crippen LogP contribution is 2.15. The van der Waals surface area contributed by atoms with Gasteiger partial charge in [0.05, 0.1) is 6.42 Å². The Hall–Kier alpha value is -0.580. The highest BCUT2D eigenvalue weighted by atomic mass is 127. The number of carbonyl (C=O) groups is 1. The minimum absolute atomic E-state index is 0.114. The van der Waals surface area contributed by atoms with Crippen LogP contribution in [0.3, 0.4) is 0 Å². The van der Waals surface area contributed by atoms with Crippen molar-refractivity contribution < 1.29 is 9.90 Å². The number of halogens is 1. The molecule has 0 atom stereocenters. The molecular formula is C9H9IO2. The first-order chi connectivity index (χ1) is 5.61. The lowest BCUT2D eigenvalue weighted by Gasteiger charge is -2.03. The van der Waals surface area contributed by atoms with Gasteiger partial charge in [0.1, 0.15) is 0 Å². The van der Waals surface area contributed by atoms with Crippen molar-refractivity contribution in [2.45, 2.75) is 13.3 Å². The van der Waals surface area contributed by atoms with E-state index in [2.05, 4.69) is 22.6 Å². The highest BCUT2D eigenvalue weighted by molar-refractivity contribution is 14.1. The molecule has 0 aliphatic carbocycles. The van der Waals surface area contributed by atoms with E-state index in [0.29, 0.717) is 0 Å². The Morgan fingerprint density at radius 2 is 2.25 bits per heavy atom. The summed E-state index contributed by atoms with van der Waals surface area (Å²) < 4.78 is 1.12. The quantitative estimate of drug-likeness (QED) is 0.841. The van der Waals surface area contributed by atoms with E-state index in [0.717, 1.165) is 14.7 Å². The van der Waals surface area contributed by atoms with E-state index in [1.165, 1.54) is 0 Å². The summed E-state index contributed by atoms with van der Waals surface area (Å²) in [5, 5.41) is 8.58. The number of carboxylic acid groups (broad SMARTS) is 1. The van der Waals surface area contributed by atoms with Crippen LogP contribution in [0.1, 0.15) is 11.1 Å². The molecule has 0 bridgehead atoms. The van der Waals surface area contributed by atoms with Gasteiger partial charge in [0.25, 0.3) is 0 Å². The predicted molar refractivity (Wildman–Crippen MR) is 55.2 cm³/mol. The number of hydrogen-bond donors (Lipinski definition) is 1. The molecule has 1 N–H and O–H groups in total. The summed E-state index contributed by atoms with van der Waals surface area (Å²) >= 11 is 2.20. The number of carboxylic acids is 1. The molecule has 0 aliphatic rings. The van der Waals surface area contributed by atoms with Crippen molar-refractivity contribution in [2.75, 3.05) is 0 Å². The number of aliphatic carboxylic acids is 1. The summed E-state index contributed by atoms with van der Waals surface area (Å²) in [4.78, 5) is 10.4. The third kappa shape index (κ3) is 2.20. The van der Waals surface area contributed by atoms with Crippen molar-refractivity contribution in [2.24, 2.45) is 0 Å². The van der Waals surface area contributed by atoms with Crippen LogP contribution in [0.15, 0.2) is 18.2 Å². The molecule has 0 fully saturated rings. The average molecular weight is 276 g/mol. The monoisotopic (exact) mass is 276 g/mol. The summed E-state index contributed by atoms with van der Waals surface area (Å²) in [6.07, 6.45) is 0.114. The molecule has 0 amide bonds. The van der Waals surface area contributed by atoms with Crippen molar-refractivity contribution in [3.8, 4) is 0 Å². The third-order valence-corrected chi connectivity index (χ3v) is 2.89. The molecule has 2 nitrogen and oxygen atoms in total. The van der Waals surface area contributed by atoms with Gasteiger partial charge in [-0.3, -0.25) is 4.79 Å². The first-order valence-corrected chi connectivity index (χ1v) is 4.65. The molecule has 0 saturated carbocycles. The normalized spacial score (nSPS) is 9.83. The number of benzene rings is 1. The molecule has 0 saturated heterocycles. The van der Waals surface area contributed by atoms with E-state index in [1.54, 1.807) is 0 Å². The fraction of sp³-hybridized carbons (Fsp3) is 0.222. The SMILES string of the molecule is Cc1c(I)cccc1CC(=O)O. The lowest BCUT2D eigenvalue weighted by Crippen LogP contribution is -2.02. The third-order valence-electron chi connectivity index (χ3n) is 1.72. The molecule has 12 heavy (non-hydrogen) atoms. The van der Waals surface area contributed by atoms with Gasteiger partial charge >= 0.3 is 5.97 Å². The molecule has 0 aliphatic heterocycles. The molecular weight excluding hydrogens is 267 g/mol. The van der Waals surface area contributed by atoms with Crippen molar-refractivity contribution in [3.05, 3.63) is 32.9 Å². The second-order valence-corrected chi connectivity index (χ2v) is 3.76. The minimum atomic E-state index is -0.778. The zero-order valence-corrected chi connectivity index (χ0v) is 8.83. The van der Waals surface area contributed by atoms with E-state index in [4.69, 9.17) is 5.11 Å². The van der Waals surface area contributed by atoms with Crippen LogP contribution in [0.2, 0.25) is 0 Å². The van der Waals surface area contributed by atoms with E-state index >= 15 is 0 Å². The van der Waals surface area contributed by atoms with Crippen LogP contribution in [0.4, 0.5) is 0 Å². The van der Waals surface area contributed by atoms with Crippen LogP contribution in [0.25, 0.3) is 0 Å². The topological polar surface area (TPSA) is 37.3 Å². The molecule has 1 aromatic rings. The number of rotatable bonds is 2. The summed E-state index contributed by atoms with van der Waals surface area (Å²) in [7, 11) is 0. The Labute approximate surface area is 84.7 Å². The molecule has 3 heteroatoms. The Kier molecular flexibility index (Phi) is 3.08. The number of hydrogen-bond acceptors (Lipinski definition) is 1. The van der Waals surface area contributed by atoms with Gasteiger partial charge in [0, 0.05) is 3.57 Å². The second kappa shape index (κ2) is 3.89. The zero-order valence-electron chi connectivity index (χ0n) is 6.67. The smallest absolute Gasteiger partial charge is 0.307 e. The molecule has 0 heterocycles. The van der Waals surface area contributed by atoms with Crippen molar-refractivity contribution in [1.82, 2.24) is 0 Å². The molecule has 0 radical (unpaired) electrons. The second-order valence-electron chi connectivity index (χ2n) is 2.59. The van der Waals surface area contributed by atoms with Gasteiger partial charge in [-0.2, -0.15) is 0 Å². The Morgan fingerprint density at radius 3 is 2.83 bits per heavy atom. The van der Waals surface area contributed by atoms with Crippen LogP contribution in [-0.4, -0.2) is 11.1 Å². The molecule has 0 unspecified atom stereocenters. The largest absolute Gasteiger partial charge is 0.481 e. The summed E-state index contributed by atoms with van der Waals surface area (Å²) in [6.45, 7) is 1.94. The van der Waals surface area contributed by atoms with Crippen molar-refractivity contribution in [1.29, 1.82) is 0 Å². The van der Waals surface area contributed by atoms with E-state index in [-0.39, 0.29) is 6.42 Å². The molecule has 1 rings (SSSR count). The lowest BCUT2D eigenvalue weighted by molar-refractivity contribution is -0.136. The Balaban J connectivity index is 3.00. The maximum absolute atomic E-state index is 10.4. The summed E-state index contributed by atoms with van der Waals surface area (Å²) in [5.41, 5.74) is 1.97. The summed E-state index contributed by atoms with van der Waals surface area (Å²) in [6, 6.07) is 5.71. The van der Waals surface area contributed by atoms with Gasteiger partial charge in [0.15, 0.2) is 0 Å². The van der Waals surface area contributed by atoms with Gasteiger partial charge in [-0.15, -0.1) is 0 Å². The maximum Gasteiger partial charge on any atom is 0.307 e. The van der Waals surface area contributed by atoms with Gasteiger partial charge in [0.2, 0.25) is 0 Å². The van der Waals surface area contributed by atoms with E-state index in [1.807, 2.05) is 25.1 Å². The molecule has 1 aromatic carbocycles. The van der Waals surface area contributed by atoms with E-state index in [9.17, 15) is 4.79 Å². The first kappa shape index (κ1) is 9.51. The zero-order chi connectivity index (χ0) is 9.14. The van der Waals surface area contributed by atoms with Crippen LogP contribution >= 0.6 is 22.6 Å². The fourth-order valence-electron chi connectivity index (χ4n) is 1.01.